The molecule has 0 aromatic heterocycles. The van der Waals surface area contributed by atoms with Crippen molar-refractivity contribution in [2.24, 2.45) is 0 Å². The van der Waals surface area contributed by atoms with E-state index in [4.69, 9.17) is 9.47 Å². The largest absolute Gasteiger partial charge is 0.458 e. The predicted octanol–water partition coefficient (Wildman–Crippen LogP) is 5.51. The first kappa shape index (κ1) is 35.3. The number of esters is 1. The van der Waals surface area contributed by atoms with E-state index in [2.05, 4.69) is 10.6 Å². The van der Waals surface area contributed by atoms with Crippen molar-refractivity contribution in [2.45, 2.75) is 111 Å². The van der Waals surface area contributed by atoms with Crippen LogP contribution in [0, 0.1) is 0 Å². The summed E-state index contributed by atoms with van der Waals surface area (Å²) in [4.78, 5) is 55.2. The van der Waals surface area contributed by atoms with Crippen LogP contribution >= 0.6 is 0 Å². The van der Waals surface area contributed by atoms with E-state index in [1.54, 1.807) is 41.5 Å². The molecule has 0 fully saturated rings. The SMILES string of the molecule is CCc1ccc(C(C(=O)NC(Cc2ccccc2)C(=O)OC(C)(C)C)N(C(=O)CNC(=O)OC(C)(C)C)C(C)(C)C)cc1. The molecule has 2 aromatic rings. The number of nitrogens with zero attached hydrogens (tertiary/aromatic N) is 1. The summed E-state index contributed by atoms with van der Waals surface area (Å²) in [5.41, 5.74) is 0.117. The van der Waals surface area contributed by atoms with E-state index in [9.17, 15) is 19.2 Å². The average Bonchev–Trinajstić information content (AvgIpc) is 2.88. The fraction of sp³-hybridized carbons (Fsp3) is 0.529. The molecule has 3 amide bonds. The molecule has 2 rings (SSSR count). The van der Waals surface area contributed by atoms with Gasteiger partial charge in [-0.25, -0.2) is 9.59 Å². The average molecular weight is 596 g/mol. The maximum atomic E-state index is 14.3. The number of amides is 3. The van der Waals surface area contributed by atoms with Gasteiger partial charge in [0.1, 0.15) is 29.8 Å². The van der Waals surface area contributed by atoms with Gasteiger partial charge in [-0.05, 0) is 85.4 Å². The quantitative estimate of drug-likeness (QED) is 0.350. The van der Waals surface area contributed by atoms with Gasteiger partial charge in [0.15, 0.2) is 0 Å². The van der Waals surface area contributed by atoms with Crippen LogP contribution in [0.15, 0.2) is 54.6 Å². The molecule has 2 N–H and O–H groups in total. The van der Waals surface area contributed by atoms with Gasteiger partial charge in [0.25, 0.3) is 0 Å². The molecule has 9 heteroatoms. The van der Waals surface area contributed by atoms with Gasteiger partial charge < -0.3 is 25.0 Å². The molecule has 2 atom stereocenters. The fourth-order valence-corrected chi connectivity index (χ4v) is 4.47. The molecule has 43 heavy (non-hydrogen) atoms. The zero-order chi connectivity index (χ0) is 32.6. The molecule has 0 aliphatic carbocycles. The summed E-state index contributed by atoms with van der Waals surface area (Å²) in [5, 5.41) is 5.41. The molecule has 0 radical (unpaired) electrons. The van der Waals surface area contributed by atoms with Gasteiger partial charge in [0.05, 0.1) is 0 Å². The van der Waals surface area contributed by atoms with E-state index in [0.29, 0.717) is 5.56 Å². The second-order valence-electron chi connectivity index (χ2n) is 13.6. The lowest BCUT2D eigenvalue weighted by Crippen LogP contribution is -2.57. The Morgan fingerprint density at radius 3 is 1.81 bits per heavy atom. The zero-order valence-electron chi connectivity index (χ0n) is 27.4. The number of aryl methyl sites for hydroxylation is 1. The highest BCUT2D eigenvalue weighted by atomic mass is 16.6. The van der Waals surface area contributed by atoms with E-state index in [1.165, 1.54) is 4.90 Å². The molecule has 0 saturated carbocycles. The molecule has 0 saturated heterocycles. The molecule has 0 bridgehead atoms. The van der Waals surface area contributed by atoms with Crippen LogP contribution in [0.4, 0.5) is 4.79 Å². The number of hydrogen-bond donors (Lipinski definition) is 2. The predicted molar refractivity (Wildman–Crippen MR) is 167 cm³/mol. The molecule has 0 aliphatic rings. The molecular weight excluding hydrogens is 546 g/mol. The van der Waals surface area contributed by atoms with Crippen molar-refractivity contribution in [3.63, 3.8) is 0 Å². The van der Waals surface area contributed by atoms with Gasteiger partial charge in [-0.3, -0.25) is 9.59 Å². The Balaban J connectivity index is 2.52. The highest BCUT2D eigenvalue weighted by molar-refractivity contribution is 5.93. The number of rotatable bonds is 10. The summed E-state index contributed by atoms with van der Waals surface area (Å²) in [6.07, 6.45) is 0.263. The number of carbonyl (C=O) groups excluding carboxylic acids is 4. The molecule has 2 aromatic carbocycles. The summed E-state index contributed by atoms with van der Waals surface area (Å²) in [7, 11) is 0. The van der Waals surface area contributed by atoms with E-state index in [-0.39, 0.29) is 13.0 Å². The van der Waals surface area contributed by atoms with Crippen LogP contribution in [-0.2, 0) is 36.7 Å². The number of carbonyl (C=O) groups is 4. The number of nitrogens with one attached hydrogen (secondary N) is 2. The summed E-state index contributed by atoms with van der Waals surface area (Å²) in [5.74, 6) is -1.61. The molecule has 236 valence electrons. The lowest BCUT2D eigenvalue weighted by atomic mass is 9.95. The highest BCUT2D eigenvalue weighted by Gasteiger charge is 2.40. The van der Waals surface area contributed by atoms with Crippen molar-refractivity contribution in [1.29, 1.82) is 0 Å². The third-order valence-corrected chi connectivity index (χ3v) is 6.27. The minimum Gasteiger partial charge on any atom is -0.458 e. The maximum Gasteiger partial charge on any atom is 0.408 e. The smallest absolute Gasteiger partial charge is 0.408 e. The van der Waals surface area contributed by atoms with E-state index < -0.39 is 52.7 Å². The van der Waals surface area contributed by atoms with Crippen molar-refractivity contribution in [3.8, 4) is 0 Å². The van der Waals surface area contributed by atoms with Crippen LogP contribution in [0.1, 0.15) is 92.0 Å². The van der Waals surface area contributed by atoms with Crippen LogP contribution in [-0.4, -0.2) is 58.1 Å². The second-order valence-corrected chi connectivity index (χ2v) is 13.6. The normalized spacial score (nSPS) is 13.3. The summed E-state index contributed by atoms with van der Waals surface area (Å²) >= 11 is 0. The molecule has 0 aliphatic heterocycles. The van der Waals surface area contributed by atoms with Crippen molar-refractivity contribution in [2.75, 3.05) is 6.54 Å². The standard InChI is InChI=1S/C34H49N3O6/c1-11-23-17-19-25(20-18-23)28(37(32(2,3)4)27(38)22-35-31(41)43-34(8,9)10)29(39)36-26(30(40)42-33(5,6)7)21-24-15-13-12-14-16-24/h12-20,26,28H,11,21-22H2,1-10H3,(H,35,41)(H,36,39). The molecule has 2 unspecified atom stereocenters. The van der Waals surface area contributed by atoms with Gasteiger partial charge in [0.2, 0.25) is 11.8 Å². The summed E-state index contributed by atoms with van der Waals surface area (Å²) < 4.78 is 11.0. The fourth-order valence-electron chi connectivity index (χ4n) is 4.47. The topological polar surface area (TPSA) is 114 Å². The van der Waals surface area contributed by atoms with Crippen LogP contribution in [0.5, 0.6) is 0 Å². The molecular formula is C34H49N3O6. The minimum absolute atomic E-state index is 0.201. The van der Waals surface area contributed by atoms with Crippen LogP contribution in [0.3, 0.4) is 0 Å². The third kappa shape index (κ3) is 11.7. The van der Waals surface area contributed by atoms with E-state index in [0.717, 1.165) is 17.5 Å². The van der Waals surface area contributed by atoms with Gasteiger partial charge in [-0.15, -0.1) is 0 Å². The van der Waals surface area contributed by atoms with Gasteiger partial charge in [-0.1, -0.05) is 61.5 Å². The Morgan fingerprint density at radius 1 is 0.767 bits per heavy atom. The maximum absolute atomic E-state index is 14.3. The number of hydrogen-bond acceptors (Lipinski definition) is 6. The zero-order valence-corrected chi connectivity index (χ0v) is 27.4. The van der Waals surface area contributed by atoms with E-state index >= 15 is 0 Å². The van der Waals surface area contributed by atoms with Crippen molar-refractivity contribution < 1.29 is 28.7 Å². The Bertz CT molecular complexity index is 1240. The van der Waals surface area contributed by atoms with Gasteiger partial charge in [0, 0.05) is 12.0 Å². The Labute approximate surface area is 256 Å². The van der Waals surface area contributed by atoms with Crippen molar-refractivity contribution >= 4 is 23.9 Å². The van der Waals surface area contributed by atoms with Crippen LogP contribution in [0.25, 0.3) is 0 Å². The molecule has 9 nitrogen and oxygen atoms in total. The Hall–Kier alpha value is -3.88. The first-order chi connectivity index (χ1) is 19.8. The summed E-state index contributed by atoms with van der Waals surface area (Å²) in [6, 6.07) is 14.7. The van der Waals surface area contributed by atoms with Crippen LogP contribution < -0.4 is 10.6 Å². The lowest BCUT2D eigenvalue weighted by Gasteiger charge is -2.41. The monoisotopic (exact) mass is 595 g/mol. The Kier molecular flexibility index (Phi) is 11.9. The first-order valence-electron chi connectivity index (χ1n) is 14.8. The lowest BCUT2D eigenvalue weighted by molar-refractivity contribution is -0.159. The van der Waals surface area contributed by atoms with E-state index in [1.807, 2.05) is 82.3 Å². The number of alkyl carbamates (subject to hydrolysis) is 1. The number of ether oxygens (including phenoxy) is 2. The minimum atomic E-state index is -1.11. The highest BCUT2D eigenvalue weighted by Crippen LogP contribution is 2.30. The van der Waals surface area contributed by atoms with Crippen LogP contribution in [0.2, 0.25) is 0 Å². The number of benzene rings is 2. The van der Waals surface area contributed by atoms with Gasteiger partial charge in [-0.2, -0.15) is 0 Å². The molecule has 0 heterocycles. The third-order valence-electron chi connectivity index (χ3n) is 6.27. The first-order valence-corrected chi connectivity index (χ1v) is 14.8. The van der Waals surface area contributed by atoms with Gasteiger partial charge >= 0.3 is 12.1 Å². The second kappa shape index (κ2) is 14.5. The van der Waals surface area contributed by atoms with Crippen molar-refractivity contribution in [1.82, 2.24) is 15.5 Å². The molecule has 0 spiro atoms. The summed E-state index contributed by atoms with van der Waals surface area (Å²) in [6.45, 7) is 17.6. The van der Waals surface area contributed by atoms with Crippen molar-refractivity contribution in [3.05, 3.63) is 71.3 Å². The Morgan fingerprint density at radius 2 is 1.33 bits per heavy atom.